The molecule has 18 heavy (non-hydrogen) atoms. The van der Waals surface area contributed by atoms with Gasteiger partial charge in [0.2, 0.25) is 10.0 Å². The van der Waals surface area contributed by atoms with Crippen LogP contribution in [0.25, 0.3) is 0 Å². The van der Waals surface area contributed by atoms with Gasteiger partial charge in [0.1, 0.15) is 0 Å². The van der Waals surface area contributed by atoms with Crippen molar-refractivity contribution in [1.82, 2.24) is 9.62 Å². The lowest BCUT2D eigenvalue weighted by Gasteiger charge is -2.30. The first-order valence-corrected chi connectivity index (χ1v) is 7.31. The van der Waals surface area contributed by atoms with Gasteiger partial charge < -0.3 is 5.32 Å². The summed E-state index contributed by atoms with van der Waals surface area (Å²) in [5.74, 6) is 0. The van der Waals surface area contributed by atoms with Gasteiger partial charge in [-0.2, -0.15) is 4.31 Å². The van der Waals surface area contributed by atoms with Gasteiger partial charge in [0.25, 0.3) is 0 Å². The van der Waals surface area contributed by atoms with Crippen molar-refractivity contribution in [3.8, 4) is 0 Å². The molecule has 1 saturated heterocycles. The molecule has 2 rings (SSSR count). The molecule has 1 fully saturated rings. The predicted molar refractivity (Wildman–Crippen MR) is 74.9 cm³/mol. The number of nitrogens with one attached hydrogen (secondary N) is 1. The molecule has 0 spiro atoms. The summed E-state index contributed by atoms with van der Waals surface area (Å²) in [5, 5.41) is 3.76. The van der Waals surface area contributed by atoms with Crippen LogP contribution in [-0.4, -0.2) is 38.4 Å². The molecule has 7 heteroatoms. The van der Waals surface area contributed by atoms with Gasteiger partial charge >= 0.3 is 0 Å². The van der Waals surface area contributed by atoms with Crippen molar-refractivity contribution in [3.63, 3.8) is 0 Å². The number of hydrogen-bond donors (Lipinski definition) is 1. The number of sulfonamides is 1. The monoisotopic (exact) mass is 310 g/mol. The molecule has 1 N–H and O–H groups in total. The van der Waals surface area contributed by atoms with Gasteiger partial charge in [0, 0.05) is 30.7 Å². The fraction of sp³-hybridized carbons (Fsp3) is 0.455. The molecule has 0 radical (unpaired) electrons. The van der Waals surface area contributed by atoms with Crippen LogP contribution in [0.5, 0.6) is 0 Å². The lowest BCUT2D eigenvalue weighted by atomic mass is 10.3. The second kappa shape index (κ2) is 6.21. The van der Waals surface area contributed by atoms with Crippen molar-refractivity contribution in [1.29, 1.82) is 0 Å². The highest BCUT2D eigenvalue weighted by Crippen LogP contribution is 2.19. The van der Waals surface area contributed by atoms with Crippen LogP contribution in [0.3, 0.4) is 0 Å². The number of nitrogens with zero attached hydrogens (tertiary/aromatic N) is 1. The lowest BCUT2D eigenvalue weighted by Crippen LogP contribution is -2.51. The standard InChI is InChI=1S/C11H15ClN2O2S.ClH/c1-9-8-14(7-6-13-9)17(15,16)11-4-2-10(12)3-5-11;/h2-5,9,13H,6-8H2,1H3;1H. The second-order valence-electron chi connectivity index (χ2n) is 4.17. The fourth-order valence-electron chi connectivity index (χ4n) is 1.87. The Labute approximate surface area is 119 Å². The maximum Gasteiger partial charge on any atom is 0.243 e. The summed E-state index contributed by atoms with van der Waals surface area (Å²) in [6, 6.07) is 6.47. The van der Waals surface area contributed by atoms with E-state index in [-0.39, 0.29) is 18.4 Å². The maximum absolute atomic E-state index is 12.3. The van der Waals surface area contributed by atoms with E-state index in [4.69, 9.17) is 11.6 Å². The van der Waals surface area contributed by atoms with Crippen molar-refractivity contribution in [3.05, 3.63) is 29.3 Å². The summed E-state index contributed by atoms with van der Waals surface area (Å²) in [6.07, 6.45) is 0. The highest BCUT2D eigenvalue weighted by molar-refractivity contribution is 7.89. The molecule has 1 aliphatic rings. The van der Waals surface area contributed by atoms with Crippen molar-refractivity contribution in [2.75, 3.05) is 19.6 Å². The zero-order valence-electron chi connectivity index (χ0n) is 9.97. The fourth-order valence-corrected chi connectivity index (χ4v) is 3.53. The molecule has 0 bridgehead atoms. The van der Waals surface area contributed by atoms with Crippen LogP contribution < -0.4 is 5.32 Å². The Hall–Kier alpha value is -0.330. The molecule has 0 amide bonds. The van der Waals surface area contributed by atoms with Crippen LogP contribution in [0.4, 0.5) is 0 Å². The van der Waals surface area contributed by atoms with Crippen molar-refractivity contribution in [2.45, 2.75) is 17.9 Å². The molecule has 1 aromatic carbocycles. The quantitative estimate of drug-likeness (QED) is 0.905. The Balaban J connectivity index is 0.00000162. The van der Waals surface area contributed by atoms with Gasteiger partial charge in [-0.25, -0.2) is 8.42 Å². The van der Waals surface area contributed by atoms with E-state index in [0.717, 1.165) is 0 Å². The summed E-state index contributed by atoms with van der Waals surface area (Å²) < 4.78 is 26.1. The lowest BCUT2D eigenvalue weighted by molar-refractivity contribution is 0.310. The van der Waals surface area contributed by atoms with Gasteiger partial charge in [-0.05, 0) is 31.2 Å². The Morgan fingerprint density at radius 1 is 1.33 bits per heavy atom. The van der Waals surface area contributed by atoms with Gasteiger partial charge in [0.05, 0.1) is 4.90 Å². The smallest absolute Gasteiger partial charge is 0.243 e. The summed E-state index contributed by atoms with van der Waals surface area (Å²) in [5.41, 5.74) is 0. The van der Waals surface area contributed by atoms with Crippen LogP contribution in [0.2, 0.25) is 5.02 Å². The molecular weight excluding hydrogens is 295 g/mol. The molecule has 0 saturated carbocycles. The van der Waals surface area contributed by atoms with Crippen molar-refractivity contribution >= 4 is 34.0 Å². The van der Waals surface area contributed by atoms with Gasteiger partial charge in [-0.15, -0.1) is 12.4 Å². The van der Waals surface area contributed by atoms with E-state index in [0.29, 0.717) is 29.6 Å². The number of halogens is 2. The van der Waals surface area contributed by atoms with Gasteiger partial charge in [-0.1, -0.05) is 11.6 Å². The van der Waals surface area contributed by atoms with Crippen molar-refractivity contribution in [2.24, 2.45) is 0 Å². The third-order valence-electron chi connectivity index (χ3n) is 2.78. The van der Waals surface area contributed by atoms with Gasteiger partial charge in [-0.3, -0.25) is 0 Å². The van der Waals surface area contributed by atoms with Crippen LogP contribution in [0.1, 0.15) is 6.92 Å². The maximum atomic E-state index is 12.3. The van der Waals surface area contributed by atoms with Crippen LogP contribution >= 0.6 is 24.0 Å². The zero-order valence-corrected chi connectivity index (χ0v) is 12.4. The molecule has 1 atom stereocenters. The Morgan fingerprint density at radius 3 is 2.50 bits per heavy atom. The summed E-state index contributed by atoms with van der Waals surface area (Å²) in [7, 11) is -3.38. The molecule has 0 aliphatic carbocycles. The molecule has 0 aromatic heterocycles. The van der Waals surface area contributed by atoms with Gasteiger partial charge in [0.15, 0.2) is 0 Å². The molecule has 1 heterocycles. The number of hydrogen-bond acceptors (Lipinski definition) is 3. The average molecular weight is 311 g/mol. The Kier molecular flexibility index (Phi) is 5.43. The number of rotatable bonds is 2. The highest BCUT2D eigenvalue weighted by Gasteiger charge is 2.28. The topological polar surface area (TPSA) is 49.4 Å². The van der Waals surface area contributed by atoms with Crippen LogP contribution in [0, 0.1) is 0 Å². The molecule has 102 valence electrons. The first-order valence-electron chi connectivity index (χ1n) is 5.49. The second-order valence-corrected chi connectivity index (χ2v) is 6.55. The molecular formula is C11H16Cl2N2O2S. The Morgan fingerprint density at radius 2 is 1.94 bits per heavy atom. The summed E-state index contributed by atoms with van der Waals surface area (Å²) in [6.45, 7) is 3.68. The number of piperazine rings is 1. The third kappa shape index (κ3) is 3.36. The van der Waals surface area contributed by atoms with E-state index in [2.05, 4.69) is 5.32 Å². The van der Waals surface area contributed by atoms with Crippen LogP contribution in [0.15, 0.2) is 29.2 Å². The Bertz CT molecular complexity index is 490. The molecule has 4 nitrogen and oxygen atoms in total. The molecule has 1 aliphatic heterocycles. The minimum atomic E-state index is -3.38. The summed E-state index contributed by atoms with van der Waals surface area (Å²) in [4.78, 5) is 0.302. The minimum absolute atomic E-state index is 0. The summed E-state index contributed by atoms with van der Waals surface area (Å²) >= 11 is 5.75. The molecule has 1 unspecified atom stereocenters. The van der Waals surface area contributed by atoms with E-state index in [1.807, 2.05) is 6.92 Å². The van der Waals surface area contributed by atoms with E-state index in [1.54, 1.807) is 24.3 Å². The van der Waals surface area contributed by atoms with E-state index >= 15 is 0 Å². The third-order valence-corrected chi connectivity index (χ3v) is 4.91. The predicted octanol–water partition coefficient (Wildman–Crippen LogP) is 1.74. The van der Waals surface area contributed by atoms with E-state index in [1.165, 1.54) is 4.31 Å². The normalized spacial score (nSPS) is 21.3. The first kappa shape index (κ1) is 15.7. The largest absolute Gasteiger partial charge is 0.312 e. The number of benzene rings is 1. The van der Waals surface area contributed by atoms with E-state index in [9.17, 15) is 8.42 Å². The highest BCUT2D eigenvalue weighted by atomic mass is 35.5. The van der Waals surface area contributed by atoms with Crippen LogP contribution in [-0.2, 0) is 10.0 Å². The first-order chi connectivity index (χ1) is 8.00. The van der Waals surface area contributed by atoms with Crippen molar-refractivity contribution < 1.29 is 8.42 Å². The zero-order chi connectivity index (χ0) is 12.5. The average Bonchev–Trinajstić information content (AvgIpc) is 2.29. The SMILES string of the molecule is CC1CN(S(=O)(=O)c2ccc(Cl)cc2)CCN1.Cl. The van der Waals surface area contributed by atoms with E-state index < -0.39 is 10.0 Å². The molecule has 1 aromatic rings. The minimum Gasteiger partial charge on any atom is -0.312 e.